The van der Waals surface area contributed by atoms with Crippen molar-refractivity contribution < 1.29 is 14.2 Å². The maximum atomic E-state index is 6.02. The van der Waals surface area contributed by atoms with Gasteiger partial charge in [0.05, 0.1) is 31.5 Å². The first-order valence-corrected chi connectivity index (χ1v) is 10.6. The molecule has 0 amide bonds. The highest BCUT2D eigenvalue weighted by molar-refractivity contribution is 4.81. The Morgan fingerprint density at radius 3 is 1.81 bits per heavy atom. The van der Waals surface area contributed by atoms with Crippen molar-refractivity contribution in [3.63, 3.8) is 0 Å². The minimum atomic E-state index is 0.337. The van der Waals surface area contributed by atoms with Gasteiger partial charge in [-0.2, -0.15) is 0 Å². The second-order valence-electron chi connectivity index (χ2n) is 9.37. The van der Waals surface area contributed by atoms with Crippen molar-refractivity contribution in [3.8, 4) is 0 Å². The molecule has 2 fully saturated rings. The summed E-state index contributed by atoms with van der Waals surface area (Å²) < 4.78 is 17.6. The Hall–Kier alpha value is -0.200. The lowest BCUT2D eigenvalue weighted by Crippen LogP contribution is -2.48. The van der Waals surface area contributed by atoms with Crippen molar-refractivity contribution in [2.75, 3.05) is 59.1 Å². The van der Waals surface area contributed by atoms with Gasteiger partial charge in [-0.3, -0.25) is 9.80 Å². The Labute approximate surface area is 161 Å². The monoisotopic (exact) mass is 370 g/mol. The number of nitrogens with zero attached hydrogens (tertiary/aromatic N) is 2. The van der Waals surface area contributed by atoms with E-state index >= 15 is 0 Å². The van der Waals surface area contributed by atoms with Crippen LogP contribution < -0.4 is 0 Å². The molecule has 2 rings (SSSR count). The highest BCUT2D eigenvalue weighted by Crippen LogP contribution is 2.27. The van der Waals surface area contributed by atoms with Gasteiger partial charge in [-0.1, -0.05) is 20.8 Å². The van der Waals surface area contributed by atoms with E-state index in [0.717, 1.165) is 78.4 Å². The Morgan fingerprint density at radius 1 is 0.808 bits per heavy atom. The van der Waals surface area contributed by atoms with Gasteiger partial charge in [0.25, 0.3) is 0 Å². The average molecular weight is 371 g/mol. The summed E-state index contributed by atoms with van der Waals surface area (Å²) in [6.45, 7) is 20.3. The Kier molecular flexibility index (Phi) is 9.31. The summed E-state index contributed by atoms with van der Waals surface area (Å²) >= 11 is 0. The topological polar surface area (TPSA) is 34.2 Å². The molecule has 5 heteroatoms. The maximum Gasteiger partial charge on any atom is 0.0625 e. The molecule has 0 spiro atoms. The Balaban J connectivity index is 1.42. The van der Waals surface area contributed by atoms with Gasteiger partial charge in [0.2, 0.25) is 0 Å². The van der Waals surface area contributed by atoms with Crippen molar-refractivity contribution in [1.82, 2.24) is 9.80 Å². The first kappa shape index (κ1) is 22.1. The zero-order chi connectivity index (χ0) is 19.0. The normalized spacial score (nSPS) is 25.6. The number of hydrogen-bond donors (Lipinski definition) is 0. The molecule has 1 saturated carbocycles. The third kappa shape index (κ3) is 9.14. The zero-order valence-electron chi connectivity index (χ0n) is 17.8. The van der Waals surface area contributed by atoms with Crippen LogP contribution in [0, 0.1) is 5.41 Å². The molecule has 5 nitrogen and oxygen atoms in total. The van der Waals surface area contributed by atoms with Gasteiger partial charge >= 0.3 is 0 Å². The second-order valence-corrected chi connectivity index (χ2v) is 9.37. The molecule has 0 N–H and O–H groups in total. The predicted molar refractivity (Wildman–Crippen MR) is 107 cm³/mol. The van der Waals surface area contributed by atoms with E-state index in [-0.39, 0.29) is 0 Å². The predicted octanol–water partition coefficient (Wildman–Crippen LogP) is 3.03. The quantitative estimate of drug-likeness (QED) is 0.558. The minimum absolute atomic E-state index is 0.337. The fourth-order valence-corrected chi connectivity index (χ4v) is 3.32. The van der Waals surface area contributed by atoms with Gasteiger partial charge in [0.15, 0.2) is 0 Å². The molecule has 0 unspecified atom stereocenters. The van der Waals surface area contributed by atoms with Crippen LogP contribution in [0.2, 0.25) is 0 Å². The molecule has 154 valence electrons. The van der Waals surface area contributed by atoms with Gasteiger partial charge in [-0.05, 0) is 38.5 Å². The van der Waals surface area contributed by atoms with E-state index in [1.807, 2.05) is 0 Å². The zero-order valence-corrected chi connectivity index (χ0v) is 17.8. The van der Waals surface area contributed by atoms with Crippen LogP contribution in [0.15, 0.2) is 0 Å². The molecule has 1 aliphatic heterocycles. The first-order valence-electron chi connectivity index (χ1n) is 10.6. The summed E-state index contributed by atoms with van der Waals surface area (Å²) in [7, 11) is 0. The molecule has 1 aliphatic carbocycles. The number of rotatable bonds is 11. The summed E-state index contributed by atoms with van der Waals surface area (Å²) in [6.07, 6.45) is 4.47. The van der Waals surface area contributed by atoms with E-state index in [1.165, 1.54) is 0 Å². The van der Waals surface area contributed by atoms with Crippen molar-refractivity contribution in [1.29, 1.82) is 0 Å². The average Bonchev–Trinajstić information content (AvgIpc) is 2.51. The highest BCUT2D eigenvalue weighted by Gasteiger charge is 2.31. The molecule has 0 aromatic rings. The molecule has 0 atom stereocenters. The maximum absolute atomic E-state index is 6.02. The molecule has 0 aromatic carbocycles. The number of ether oxygens (including phenoxy) is 3. The number of hydrogen-bond acceptors (Lipinski definition) is 5. The van der Waals surface area contributed by atoms with E-state index in [2.05, 4.69) is 44.4 Å². The smallest absolute Gasteiger partial charge is 0.0625 e. The third-order valence-electron chi connectivity index (χ3n) is 5.34. The fourth-order valence-electron chi connectivity index (χ4n) is 3.32. The fraction of sp³-hybridized carbons (Fsp3) is 1.00. The largest absolute Gasteiger partial charge is 0.378 e. The lowest BCUT2D eigenvalue weighted by Gasteiger charge is -2.37. The summed E-state index contributed by atoms with van der Waals surface area (Å²) in [4.78, 5) is 5.03. The van der Waals surface area contributed by atoms with Gasteiger partial charge < -0.3 is 14.2 Å². The van der Waals surface area contributed by atoms with E-state index in [4.69, 9.17) is 14.2 Å². The first-order chi connectivity index (χ1) is 12.3. The molecular formula is C21H42N2O3. The molecule has 0 aromatic heterocycles. The molecular weight excluding hydrogens is 328 g/mol. The van der Waals surface area contributed by atoms with Gasteiger partial charge in [-0.15, -0.1) is 0 Å². The van der Waals surface area contributed by atoms with E-state index in [9.17, 15) is 0 Å². The van der Waals surface area contributed by atoms with Crippen molar-refractivity contribution in [2.45, 2.75) is 72.2 Å². The highest BCUT2D eigenvalue weighted by atomic mass is 16.5. The Bertz CT molecular complexity index is 370. The van der Waals surface area contributed by atoms with E-state index < -0.39 is 0 Å². The van der Waals surface area contributed by atoms with Gasteiger partial charge in [0, 0.05) is 45.9 Å². The van der Waals surface area contributed by atoms with Crippen LogP contribution in [-0.4, -0.2) is 87.2 Å². The van der Waals surface area contributed by atoms with Crippen molar-refractivity contribution in [2.24, 2.45) is 5.41 Å². The summed E-state index contributed by atoms with van der Waals surface area (Å²) in [5.41, 5.74) is 0.366. The van der Waals surface area contributed by atoms with Gasteiger partial charge in [0.1, 0.15) is 0 Å². The van der Waals surface area contributed by atoms with Crippen LogP contribution in [0.1, 0.15) is 53.9 Å². The SMILES string of the molecule is CC(C)OCCN1CCN(CCO[C@H]2C[C@H](OCCC(C)(C)C)C2)CC1. The standard InChI is InChI=1S/C21H42N2O3/c1-18(2)24-14-11-22-7-9-23(10-8-22)12-15-26-20-16-19(17-20)25-13-6-21(3,4)5/h18-20H,6-17H2,1-5H3/t19-,20-. The van der Waals surface area contributed by atoms with Crippen LogP contribution in [0.3, 0.4) is 0 Å². The number of piperazine rings is 1. The summed E-state index contributed by atoms with van der Waals surface area (Å²) in [6, 6.07) is 0. The lowest BCUT2D eigenvalue weighted by atomic mass is 9.91. The van der Waals surface area contributed by atoms with Crippen LogP contribution in [0.4, 0.5) is 0 Å². The van der Waals surface area contributed by atoms with E-state index in [1.54, 1.807) is 0 Å². The summed E-state index contributed by atoms with van der Waals surface area (Å²) in [5, 5.41) is 0. The molecule has 0 radical (unpaired) electrons. The minimum Gasteiger partial charge on any atom is -0.378 e. The van der Waals surface area contributed by atoms with Crippen LogP contribution in [0.5, 0.6) is 0 Å². The molecule has 1 heterocycles. The van der Waals surface area contributed by atoms with Crippen LogP contribution in [0.25, 0.3) is 0 Å². The van der Waals surface area contributed by atoms with Gasteiger partial charge in [-0.25, -0.2) is 0 Å². The Morgan fingerprint density at radius 2 is 1.31 bits per heavy atom. The third-order valence-corrected chi connectivity index (χ3v) is 5.34. The van der Waals surface area contributed by atoms with Crippen molar-refractivity contribution in [3.05, 3.63) is 0 Å². The van der Waals surface area contributed by atoms with Crippen LogP contribution in [-0.2, 0) is 14.2 Å². The lowest BCUT2D eigenvalue weighted by molar-refractivity contribution is -0.107. The summed E-state index contributed by atoms with van der Waals surface area (Å²) in [5.74, 6) is 0. The molecule has 0 bridgehead atoms. The molecule has 1 saturated heterocycles. The molecule has 2 aliphatic rings. The molecule has 26 heavy (non-hydrogen) atoms. The van der Waals surface area contributed by atoms with Crippen molar-refractivity contribution >= 4 is 0 Å². The van der Waals surface area contributed by atoms with Crippen LogP contribution >= 0.6 is 0 Å². The van der Waals surface area contributed by atoms with E-state index in [0.29, 0.717) is 23.7 Å². The second kappa shape index (κ2) is 11.0.